The van der Waals surface area contributed by atoms with Crippen molar-refractivity contribution in [2.24, 2.45) is 0 Å². The Morgan fingerprint density at radius 2 is 2.19 bits per heavy atom. The highest BCUT2D eigenvalue weighted by atomic mass is 32.2. The molecule has 0 atom stereocenters. The van der Waals surface area contributed by atoms with Crippen LogP contribution in [0.3, 0.4) is 0 Å². The Morgan fingerprint density at radius 1 is 1.48 bits per heavy atom. The third-order valence-electron chi connectivity index (χ3n) is 2.49. The number of sulfonamides is 1. The molecule has 0 saturated heterocycles. The van der Waals surface area contributed by atoms with Gasteiger partial charge in [-0.3, -0.25) is 10.1 Å². The van der Waals surface area contributed by atoms with Crippen molar-refractivity contribution in [1.82, 2.24) is 9.88 Å². The summed E-state index contributed by atoms with van der Waals surface area (Å²) in [6, 6.07) is 2.61. The van der Waals surface area contributed by atoms with Crippen molar-refractivity contribution in [1.29, 1.82) is 0 Å². The third kappa shape index (κ3) is 3.37. The molecule has 9 nitrogen and oxygen atoms in total. The van der Waals surface area contributed by atoms with Gasteiger partial charge in [-0.05, 0) is 6.92 Å². The predicted octanol–water partition coefficient (Wildman–Crippen LogP) is 1.47. The lowest BCUT2D eigenvalue weighted by atomic mass is 10.4. The fourth-order valence-corrected chi connectivity index (χ4v) is 3.86. The minimum absolute atomic E-state index is 0.0796. The summed E-state index contributed by atoms with van der Waals surface area (Å²) in [5, 5.41) is 17.3. The molecule has 0 amide bonds. The number of thiophene rings is 1. The highest BCUT2D eigenvalue weighted by Gasteiger charge is 2.25. The molecule has 0 aliphatic heterocycles. The van der Waals surface area contributed by atoms with Gasteiger partial charge in [0.05, 0.1) is 17.2 Å². The molecule has 11 heteroatoms. The van der Waals surface area contributed by atoms with E-state index < -0.39 is 14.9 Å². The number of aromatic nitrogens is 1. The number of aryl methyl sites for hydroxylation is 1. The summed E-state index contributed by atoms with van der Waals surface area (Å²) in [6.45, 7) is 1.63. The molecule has 0 saturated carbocycles. The van der Waals surface area contributed by atoms with Gasteiger partial charge < -0.3 is 9.84 Å². The van der Waals surface area contributed by atoms with Crippen LogP contribution in [0.4, 0.5) is 10.7 Å². The first-order chi connectivity index (χ1) is 9.83. The highest BCUT2D eigenvalue weighted by Crippen LogP contribution is 2.36. The van der Waals surface area contributed by atoms with Crippen molar-refractivity contribution in [3.63, 3.8) is 0 Å². The molecule has 2 heterocycles. The van der Waals surface area contributed by atoms with E-state index in [-0.39, 0.29) is 21.4 Å². The standard InChI is InChI=1S/C10H12N4O5S2/c1-6-3-7(19-13-6)5-12-21(17,18)9-4-8(14(15)16)10(11-2)20-9/h3-4,11-12H,5H2,1-2H3. The summed E-state index contributed by atoms with van der Waals surface area (Å²) < 4.78 is 31.3. The molecule has 2 aromatic heterocycles. The zero-order valence-corrected chi connectivity index (χ0v) is 12.7. The van der Waals surface area contributed by atoms with Crippen LogP contribution in [-0.4, -0.2) is 25.5 Å². The number of hydrogen-bond donors (Lipinski definition) is 2. The number of rotatable bonds is 6. The molecule has 0 spiro atoms. The lowest BCUT2D eigenvalue weighted by Gasteiger charge is -2.01. The van der Waals surface area contributed by atoms with E-state index in [1.54, 1.807) is 13.0 Å². The van der Waals surface area contributed by atoms with Crippen LogP contribution >= 0.6 is 11.3 Å². The zero-order chi connectivity index (χ0) is 15.6. The van der Waals surface area contributed by atoms with Gasteiger partial charge in [-0.15, -0.1) is 0 Å². The molecule has 21 heavy (non-hydrogen) atoms. The van der Waals surface area contributed by atoms with E-state index in [0.717, 1.165) is 17.4 Å². The average molecular weight is 332 g/mol. The van der Waals surface area contributed by atoms with Gasteiger partial charge in [-0.1, -0.05) is 16.5 Å². The number of anilines is 1. The second-order valence-electron chi connectivity index (χ2n) is 4.05. The summed E-state index contributed by atoms with van der Waals surface area (Å²) in [7, 11) is -2.37. The summed E-state index contributed by atoms with van der Waals surface area (Å²) >= 11 is 0.786. The molecule has 2 rings (SSSR count). The van der Waals surface area contributed by atoms with Gasteiger partial charge in [0, 0.05) is 19.2 Å². The van der Waals surface area contributed by atoms with Crippen LogP contribution in [0.1, 0.15) is 11.5 Å². The predicted molar refractivity (Wildman–Crippen MR) is 75.8 cm³/mol. The van der Waals surface area contributed by atoms with Crippen molar-refractivity contribution in [2.45, 2.75) is 17.7 Å². The average Bonchev–Trinajstić information content (AvgIpc) is 3.02. The normalized spacial score (nSPS) is 11.5. The zero-order valence-electron chi connectivity index (χ0n) is 11.1. The van der Waals surface area contributed by atoms with Gasteiger partial charge in [-0.25, -0.2) is 13.1 Å². The Morgan fingerprint density at radius 3 is 2.67 bits per heavy atom. The topological polar surface area (TPSA) is 127 Å². The molecule has 114 valence electrons. The van der Waals surface area contributed by atoms with Gasteiger partial charge in [0.1, 0.15) is 4.21 Å². The van der Waals surface area contributed by atoms with Crippen LogP contribution in [0.5, 0.6) is 0 Å². The van der Waals surface area contributed by atoms with Crippen molar-refractivity contribution >= 4 is 32.0 Å². The molecule has 0 aliphatic rings. The molecule has 2 N–H and O–H groups in total. The van der Waals surface area contributed by atoms with Crippen LogP contribution in [0, 0.1) is 17.0 Å². The number of nitrogens with one attached hydrogen (secondary N) is 2. The van der Waals surface area contributed by atoms with Crippen molar-refractivity contribution in [2.75, 3.05) is 12.4 Å². The minimum Gasteiger partial charge on any atom is -0.374 e. The number of nitrogens with zero attached hydrogens (tertiary/aromatic N) is 2. The van der Waals surface area contributed by atoms with Crippen LogP contribution < -0.4 is 10.0 Å². The van der Waals surface area contributed by atoms with Crippen molar-refractivity contribution in [3.8, 4) is 0 Å². The van der Waals surface area contributed by atoms with E-state index >= 15 is 0 Å². The van der Waals surface area contributed by atoms with Crippen LogP contribution in [0.25, 0.3) is 0 Å². The van der Waals surface area contributed by atoms with E-state index in [9.17, 15) is 18.5 Å². The van der Waals surface area contributed by atoms with Crippen LogP contribution in [0.2, 0.25) is 0 Å². The first-order valence-electron chi connectivity index (χ1n) is 5.71. The first kappa shape index (κ1) is 15.4. The Kier molecular flexibility index (Phi) is 4.25. The monoisotopic (exact) mass is 332 g/mol. The highest BCUT2D eigenvalue weighted by molar-refractivity contribution is 7.91. The first-order valence-corrected chi connectivity index (χ1v) is 8.01. The number of nitro groups is 1. The smallest absolute Gasteiger partial charge is 0.304 e. The van der Waals surface area contributed by atoms with Gasteiger partial charge >= 0.3 is 5.69 Å². The maximum Gasteiger partial charge on any atom is 0.304 e. The van der Waals surface area contributed by atoms with Crippen molar-refractivity contribution in [3.05, 3.63) is 33.7 Å². The summed E-state index contributed by atoms with van der Waals surface area (Å²) in [5.74, 6) is 0.357. The van der Waals surface area contributed by atoms with Crippen molar-refractivity contribution < 1.29 is 17.9 Å². The quantitative estimate of drug-likeness (QED) is 0.605. The molecule has 0 radical (unpaired) electrons. The second kappa shape index (κ2) is 5.79. The van der Waals surface area contributed by atoms with E-state index in [4.69, 9.17) is 4.52 Å². The van der Waals surface area contributed by atoms with Gasteiger partial charge in [-0.2, -0.15) is 0 Å². The third-order valence-corrected chi connectivity index (χ3v) is 5.51. The van der Waals surface area contributed by atoms with E-state index in [0.29, 0.717) is 11.5 Å². The SMILES string of the molecule is CNc1sc(S(=O)(=O)NCc2cc(C)no2)cc1[N+](=O)[O-]. The lowest BCUT2D eigenvalue weighted by Crippen LogP contribution is -2.22. The number of hydrogen-bond acceptors (Lipinski definition) is 8. The fourth-order valence-electron chi connectivity index (χ4n) is 1.54. The molecule has 2 aromatic rings. The fraction of sp³-hybridized carbons (Fsp3) is 0.300. The van der Waals surface area contributed by atoms with Gasteiger partial charge in [0.2, 0.25) is 0 Å². The van der Waals surface area contributed by atoms with E-state index in [2.05, 4.69) is 15.2 Å². The van der Waals surface area contributed by atoms with E-state index in [1.165, 1.54) is 7.05 Å². The Labute approximate surface area is 124 Å². The van der Waals surface area contributed by atoms with Gasteiger partial charge in [0.15, 0.2) is 10.8 Å². The second-order valence-corrected chi connectivity index (χ2v) is 7.09. The molecule has 0 aromatic carbocycles. The van der Waals surface area contributed by atoms with E-state index in [1.807, 2.05) is 0 Å². The lowest BCUT2D eigenvalue weighted by molar-refractivity contribution is -0.383. The minimum atomic E-state index is -3.86. The Hall–Kier alpha value is -1.98. The van der Waals surface area contributed by atoms with Crippen LogP contribution in [-0.2, 0) is 16.6 Å². The molecule has 0 unspecified atom stereocenters. The maximum absolute atomic E-state index is 12.1. The summed E-state index contributed by atoms with van der Waals surface area (Å²) in [4.78, 5) is 10.2. The van der Waals surface area contributed by atoms with Crippen LogP contribution in [0.15, 0.2) is 20.9 Å². The maximum atomic E-state index is 12.1. The molecule has 0 bridgehead atoms. The summed E-state index contributed by atoms with van der Waals surface area (Å²) in [5.41, 5.74) is 0.354. The van der Waals surface area contributed by atoms with Gasteiger partial charge in [0.25, 0.3) is 10.0 Å². The molecule has 0 aliphatic carbocycles. The molecular formula is C10H12N4O5S2. The summed E-state index contributed by atoms with van der Waals surface area (Å²) in [6.07, 6.45) is 0. The molecule has 0 fully saturated rings. The Bertz CT molecular complexity index is 764. The Balaban J connectivity index is 2.21. The largest absolute Gasteiger partial charge is 0.374 e. The molecular weight excluding hydrogens is 320 g/mol.